The standard InChI is InChI=1S/C22H31NS/c1-15(2)22-18(21-14-17-10-6-7-11-20(17)24-21)12-13-19(23-22)16-8-4-3-5-9-16/h4,6-8,10-11,15-16,18-19,21-23H,3,5,9,12-14H2,1-2H3. The molecule has 0 amide bonds. The molecule has 1 N–H and O–H groups in total. The van der Waals surface area contributed by atoms with E-state index in [2.05, 4.69) is 67.3 Å². The molecule has 130 valence electrons. The van der Waals surface area contributed by atoms with Crippen LogP contribution in [-0.2, 0) is 6.42 Å². The zero-order valence-electron chi connectivity index (χ0n) is 15.1. The highest BCUT2D eigenvalue weighted by atomic mass is 32.2. The first-order valence-corrected chi connectivity index (χ1v) is 10.8. The first-order chi connectivity index (χ1) is 11.7. The lowest BCUT2D eigenvalue weighted by molar-refractivity contribution is 0.158. The minimum atomic E-state index is 0.672. The quantitative estimate of drug-likeness (QED) is 0.733. The summed E-state index contributed by atoms with van der Waals surface area (Å²) in [5.74, 6) is 2.30. The van der Waals surface area contributed by atoms with Gasteiger partial charge >= 0.3 is 0 Å². The van der Waals surface area contributed by atoms with Gasteiger partial charge in [-0.3, -0.25) is 0 Å². The molecule has 0 bridgehead atoms. The fourth-order valence-corrected chi connectivity index (χ4v) is 6.60. The van der Waals surface area contributed by atoms with Crippen LogP contribution < -0.4 is 5.32 Å². The van der Waals surface area contributed by atoms with E-state index in [1.807, 2.05) is 0 Å². The van der Waals surface area contributed by atoms with Gasteiger partial charge in [0.2, 0.25) is 0 Å². The van der Waals surface area contributed by atoms with E-state index in [4.69, 9.17) is 0 Å². The van der Waals surface area contributed by atoms with Crippen molar-refractivity contribution in [3.8, 4) is 0 Å². The Labute approximate surface area is 151 Å². The van der Waals surface area contributed by atoms with E-state index in [1.165, 1.54) is 43.4 Å². The number of nitrogens with one attached hydrogen (secondary N) is 1. The molecule has 4 rings (SSSR count). The topological polar surface area (TPSA) is 12.0 Å². The summed E-state index contributed by atoms with van der Waals surface area (Å²) >= 11 is 2.15. The predicted octanol–water partition coefficient (Wildman–Crippen LogP) is 5.45. The number of piperidine rings is 1. The maximum Gasteiger partial charge on any atom is 0.0178 e. The normalized spacial score (nSPS) is 36.0. The number of thioether (sulfide) groups is 1. The Hall–Kier alpha value is -0.730. The summed E-state index contributed by atoms with van der Waals surface area (Å²) in [4.78, 5) is 1.53. The molecule has 2 heteroatoms. The highest BCUT2D eigenvalue weighted by Gasteiger charge is 2.40. The first-order valence-electron chi connectivity index (χ1n) is 9.89. The Morgan fingerprint density at radius 1 is 1.12 bits per heavy atom. The third-order valence-corrected chi connectivity index (χ3v) is 7.83. The zero-order valence-corrected chi connectivity index (χ0v) is 15.9. The summed E-state index contributed by atoms with van der Waals surface area (Å²) in [6.07, 6.45) is 13.0. The molecular weight excluding hydrogens is 310 g/mol. The van der Waals surface area contributed by atoms with E-state index in [1.54, 1.807) is 5.56 Å². The molecule has 1 aliphatic carbocycles. The number of hydrogen-bond acceptors (Lipinski definition) is 2. The van der Waals surface area contributed by atoms with Crippen molar-refractivity contribution in [3.05, 3.63) is 42.0 Å². The number of hydrogen-bond donors (Lipinski definition) is 1. The number of benzene rings is 1. The molecular formula is C22H31NS. The van der Waals surface area contributed by atoms with Crippen LogP contribution in [0.1, 0.15) is 51.5 Å². The second kappa shape index (κ2) is 7.25. The van der Waals surface area contributed by atoms with E-state index < -0.39 is 0 Å². The maximum atomic E-state index is 4.11. The van der Waals surface area contributed by atoms with Gasteiger partial charge in [0.1, 0.15) is 0 Å². The summed E-state index contributed by atoms with van der Waals surface area (Å²) in [5.41, 5.74) is 1.58. The maximum absolute atomic E-state index is 4.11. The average molecular weight is 342 g/mol. The van der Waals surface area contributed by atoms with Gasteiger partial charge in [-0.1, -0.05) is 44.2 Å². The fraction of sp³-hybridized carbons (Fsp3) is 0.636. The fourth-order valence-electron chi connectivity index (χ4n) is 5.07. The molecule has 0 aromatic heterocycles. The van der Waals surface area contributed by atoms with Gasteiger partial charge in [0.05, 0.1) is 0 Å². The third kappa shape index (κ3) is 3.32. The van der Waals surface area contributed by atoms with Gasteiger partial charge in [-0.15, -0.1) is 11.8 Å². The third-order valence-electron chi connectivity index (χ3n) is 6.35. The molecule has 0 spiro atoms. The van der Waals surface area contributed by atoms with Gasteiger partial charge in [0.15, 0.2) is 0 Å². The van der Waals surface area contributed by atoms with Crippen molar-refractivity contribution >= 4 is 11.8 Å². The second-order valence-corrected chi connectivity index (χ2v) is 9.56. The van der Waals surface area contributed by atoms with Crippen LogP contribution in [0.15, 0.2) is 41.3 Å². The summed E-state index contributed by atoms with van der Waals surface area (Å²) in [5, 5.41) is 4.88. The minimum Gasteiger partial charge on any atom is -0.310 e. The molecule has 0 radical (unpaired) electrons. The Bertz CT molecular complexity index is 568. The molecule has 2 aliphatic heterocycles. The van der Waals surface area contributed by atoms with Crippen LogP contribution in [0.3, 0.4) is 0 Å². The van der Waals surface area contributed by atoms with Crippen molar-refractivity contribution < 1.29 is 0 Å². The van der Waals surface area contributed by atoms with Crippen LogP contribution >= 0.6 is 11.8 Å². The Morgan fingerprint density at radius 2 is 2.00 bits per heavy atom. The van der Waals surface area contributed by atoms with Gasteiger partial charge < -0.3 is 5.32 Å². The summed E-state index contributed by atoms with van der Waals surface area (Å²) < 4.78 is 0. The number of fused-ring (bicyclic) bond motifs is 1. The summed E-state index contributed by atoms with van der Waals surface area (Å²) in [6, 6.07) is 10.4. The van der Waals surface area contributed by atoms with Crippen LogP contribution in [0.4, 0.5) is 0 Å². The lowest BCUT2D eigenvalue weighted by atomic mass is 9.75. The largest absolute Gasteiger partial charge is 0.310 e. The van der Waals surface area contributed by atoms with Crippen molar-refractivity contribution in [1.82, 2.24) is 5.32 Å². The van der Waals surface area contributed by atoms with E-state index in [9.17, 15) is 0 Å². The number of rotatable bonds is 3. The van der Waals surface area contributed by atoms with Crippen molar-refractivity contribution in [3.63, 3.8) is 0 Å². The van der Waals surface area contributed by atoms with Crippen LogP contribution in [0.2, 0.25) is 0 Å². The Kier molecular flexibility index (Phi) is 5.05. The van der Waals surface area contributed by atoms with E-state index in [0.29, 0.717) is 12.1 Å². The summed E-state index contributed by atoms with van der Waals surface area (Å²) in [7, 11) is 0. The number of allylic oxidation sites excluding steroid dienone is 1. The molecule has 1 saturated heterocycles. The molecule has 1 aromatic rings. The van der Waals surface area contributed by atoms with Crippen molar-refractivity contribution in [2.24, 2.45) is 17.8 Å². The van der Waals surface area contributed by atoms with Crippen molar-refractivity contribution in [2.75, 3.05) is 0 Å². The molecule has 5 unspecified atom stereocenters. The molecule has 0 saturated carbocycles. The molecule has 3 aliphatic rings. The molecule has 2 heterocycles. The van der Waals surface area contributed by atoms with Crippen LogP contribution in [0, 0.1) is 17.8 Å². The highest BCUT2D eigenvalue weighted by Crippen LogP contribution is 2.45. The first kappa shape index (κ1) is 16.7. The van der Waals surface area contributed by atoms with Crippen LogP contribution in [0.5, 0.6) is 0 Å². The lowest BCUT2D eigenvalue weighted by Crippen LogP contribution is -2.55. The molecule has 1 aromatic carbocycles. The molecule has 1 fully saturated rings. The van der Waals surface area contributed by atoms with E-state index >= 15 is 0 Å². The second-order valence-electron chi connectivity index (χ2n) is 8.28. The minimum absolute atomic E-state index is 0.672. The highest BCUT2D eigenvalue weighted by molar-refractivity contribution is 8.00. The van der Waals surface area contributed by atoms with Gasteiger partial charge in [-0.25, -0.2) is 0 Å². The van der Waals surface area contributed by atoms with Gasteiger partial charge in [0.25, 0.3) is 0 Å². The van der Waals surface area contributed by atoms with Crippen LogP contribution in [-0.4, -0.2) is 17.3 Å². The molecule has 1 nitrogen and oxygen atoms in total. The molecule has 24 heavy (non-hydrogen) atoms. The van der Waals surface area contributed by atoms with Gasteiger partial charge in [-0.2, -0.15) is 0 Å². The SMILES string of the molecule is CC(C)C1NC(C2C=CCCC2)CCC1C1Cc2ccccc2S1. The zero-order chi connectivity index (χ0) is 16.5. The molecule has 5 atom stereocenters. The van der Waals surface area contributed by atoms with Crippen molar-refractivity contribution in [2.45, 2.75) is 74.6 Å². The van der Waals surface area contributed by atoms with Crippen LogP contribution in [0.25, 0.3) is 0 Å². The van der Waals surface area contributed by atoms with Gasteiger partial charge in [0, 0.05) is 22.2 Å². The lowest BCUT2D eigenvalue weighted by Gasteiger charge is -2.44. The predicted molar refractivity (Wildman–Crippen MR) is 105 cm³/mol. The van der Waals surface area contributed by atoms with E-state index in [-0.39, 0.29) is 0 Å². The smallest absolute Gasteiger partial charge is 0.0178 e. The summed E-state index contributed by atoms with van der Waals surface area (Å²) in [6.45, 7) is 4.83. The average Bonchev–Trinajstić information content (AvgIpc) is 3.06. The van der Waals surface area contributed by atoms with E-state index in [0.717, 1.165) is 23.0 Å². The van der Waals surface area contributed by atoms with Crippen molar-refractivity contribution in [1.29, 1.82) is 0 Å². The Morgan fingerprint density at radius 3 is 2.75 bits per heavy atom. The Balaban J connectivity index is 1.47. The monoisotopic (exact) mass is 341 g/mol. The van der Waals surface area contributed by atoms with Gasteiger partial charge in [-0.05, 0) is 67.9 Å².